The lowest BCUT2D eigenvalue weighted by atomic mass is 10.0. The number of halogens is 1. The molecule has 0 fully saturated rings. The topological polar surface area (TPSA) is 85.8 Å². The summed E-state index contributed by atoms with van der Waals surface area (Å²) in [6, 6.07) is 7.34. The van der Waals surface area contributed by atoms with Crippen LogP contribution in [-0.2, 0) is 6.54 Å². The zero-order valence-corrected chi connectivity index (χ0v) is 17.2. The predicted octanol–water partition coefficient (Wildman–Crippen LogP) is 4.35. The van der Waals surface area contributed by atoms with Crippen LogP contribution >= 0.6 is 0 Å². The smallest absolute Gasteiger partial charge is 0.259 e. The molecule has 0 bridgehead atoms. The van der Waals surface area contributed by atoms with E-state index in [1.54, 1.807) is 25.1 Å². The first-order valence-corrected chi connectivity index (χ1v) is 9.75. The van der Waals surface area contributed by atoms with Crippen molar-refractivity contribution in [2.45, 2.75) is 40.3 Å². The van der Waals surface area contributed by atoms with Crippen molar-refractivity contribution in [1.82, 2.24) is 25.2 Å². The molecule has 154 valence electrons. The van der Waals surface area contributed by atoms with Crippen molar-refractivity contribution in [3.8, 4) is 11.3 Å². The van der Waals surface area contributed by atoms with Crippen molar-refractivity contribution in [2.24, 2.45) is 0 Å². The summed E-state index contributed by atoms with van der Waals surface area (Å²) < 4.78 is 20.6. The maximum Gasteiger partial charge on any atom is 0.259 e. The van der Waals surface area contributed by atoms with Gasteiger partial charge in [0, 0.05) is 29.6 Å². The Kier molecular flexibility index (Phi) is 5.07. The predicted molar refractivity (Wildman–Crippen MR) is 110 cm³/mol. The highest BCUT2D eigenvalue weighted by Crippen LogP contribution is 2.31. The highest BCUT2D eigenvalue weighted by Gasteiger charge is 2.23. The normalized spacial score (nSPS) is 12.3. The average Bonchev–Trinajstić information content (AvgIpc) is 3.31. The van der Waals surface area contributed by atoms with Crippen LogP contribution in [0, 0.1) is 19.7 Å². The number of nitrogens with one attached hydrogen (secondary N) is 1. The van der Waals surface area contributed by atoms with Crippen LogP contribution in [-0.4, -0.2) is 25.8 Å². The van der Waals surface area contributed by atoms with Crippen LogP contribution in [0.4, 0.5) is 4.39 Å². The Balaban J connectivity index is 1.73. The van der Waals surface area contributed by atoms with E-state index in [-0.39, 0.29) is 23.5 Å². The molecule has 3 heterocycles. The van der Waals surface area contributed by atoms with Crippen molar-refractivity contribution < 1.29 is 13.7 Å². The summed E-state index contributed by atoms with van der Waals surface area (Å²) in [7, 11) is 0. The lowest BCUT2D eigenvalue weighted by Crippen LogP contribution is -2.27. The van der Waals surface area contributed by atoms with Gasteiger partial charge in [0.25, 0.3) is 11.6 Å². The highest BCUT2D eigenvalue weighted by atomic mass is 19.1. The number of fused-ring (bicyclic) bond motifs is 1. The Morgan fingerprint density at radius 2 is 2.00 bits per heavy atom. The first-order chi connectivity index (χ1) is 14.4. The summed E-state index contributed by atoms with van der Waals surface area (Å²) >= 11 is 0. The zero-order chi connectivity index (χ0) is 21.4. The van der Waals surface area contributed by atoms with E-state index in [1.165, 1.54) is 12.1 Å². The van der Waals surface area contributed by atoms with Gasteiger partial charge >= 0.3 is 0 Å². The van der Waals surface area contributed by atoms with E-state index in [0.717, 1.165) is 17.8 Å². The number of benzene rings is 1. The Labute approximate surface area is 172 Å². The molecule has 0 saturated heterocycles. The third-order valence-corrected chi connectivity index (χ3v) is 5.06. The monoisotopic (exact) mass is 407 g/mol. The number of nitrogens with zero attached hydrogens (tertiary/aromatic N) is 4. The number of amides is 1. The van der Waals surface area contributed by atoms with E-state index >= 15 is 0 Å². The molecular weight excluding hydrogens is 385 g/mol. The molecule has 0 aliphatic carbocycles. The first kappa shape index (κ1) is 19.8. The molecular formula is C22H22FN5O2. The minimum absolute atomic E-state index is 0.240. The standard InChI is InChI=1S/C22H22FN5O2/c1-5-28-11-18(14(4)26-28)13(3)25-21(29)17-10-12(2)24-22-19(17)20(27-30-22)15-6-8-16(23)9-7-15/h6-11,13H,5H2,1-4H3,(H,25,29)/t13-/m0/s1. The SMILES string of the molecule is CCn1cc([C@H](C)NC(=O)c2cc(C)nc3onc(-c4ccc(F)cc4)c23)c(C)n1. The summed E-state index contributed by atoms with van der Waals surface area (Å²) in [6.45, 7) is 8.40. The maximum absolute atomic E-state index is 13.3. The number of aryl methyl sites for hydroxylation is 3. The number of carbonyl (C=O) groups excluding carboxylic acids is 1. The van der Waals surface area contributed by atoms with E-state index in [0.29, 0.717) is 27.9 Å². The van der Waals surface area contributed by atoms with Crippen LogP contribution in [0.15, 0.2) is 41.1 Å². The van der Waals surface area contributed by atoms with Crippen molar-refractivity contribution in [3.63, 3.8) is 0 Å². The Bertz CT molecular complexity index is 1230. The van der Waals surface area contributed by atoms with E-state index in [9.17, 15) is 9.18 Å². The lowest BCUT2D eigenvalue weighted by Gasteiger charge is -2.14. The number of pyridine rings is 1. The summed E-state index contributed by atoms with van der Waals surface area (Å²) in [5.41, 5.74) is 4.23. The molecule has 0 aliphatic heterocycles. The van der Waals surface area contributed by atoms with E-state index in [1.807, 2.05) is 31.6 Å². The van der Waals surface area contributed by atoms with Crippen molar-refractivity contribution >= 4 is 17.0 Å². The van der Waals surface area contributed by atoms with Crippen LogP contribution in [0.3, 0.4) is 0 Å². The zero-order valence-electron chi connectivity index (χ0n) is 17.2. The van der Waals surface area contributed by atoms with Gasteiger partial charge in [0.15, 0.2) is 0 Å². The van der Waals surface area contributed by atoms with Gasteiger partial charge in [0.2, 0.25) is 0 Å². The van der Waals surface area contributed by atoms with Crippen LogP contribution < -0.4 is 5.32 Å². The maximum atomic E-state index is 13.3. The number of hydrogen-bond donors (Lipinski definition) is 1. The number of carbonyl (C=O) groups is 1. The van der Waals surface area contributed by atoms with Gasteiger partial charge < -0.3 is 9.84 Å². The van der Waals surface area contributed by atoms with Gasteiger partial charge in [0.1, 0.15) is 11.5 Å². The van der Waals surface area contributed by atoms with Crippen LogP contribution in [0.5, 0.6) is 0 Å². The van der Waals surface area contributed by atoms with Crippen LogP contribution in [0.2, 0.25) is 0 Å². The minimum atomic E-state index is -0.352. The fourth-order valence-electron chi connectivity index (χ4n) is 3.53. The molecule has 1 atom stereocenters. The molecule has 1 aromatic carbocycles. The first-order valence-electron chi connectivity index (χ1n) is 9.75. The molecule has 0 aliphatic rings. The van der Waals surface area contributed by atoms with Gasteiger partial charge in [-0.25, -0.2) is 9.37 Å². The quantitative estimate of drug-likeness (QED) is 0.531. The Morgan fingerprint density at radius 3 is 2.67 bits per heavy atom. The van der Waals surface area contributed by atoms with Gasteiger partial charge in [-0.3, -0.25) is 9.48 Å². The van der Waals surface area contributed by atoms with Crippen molar-refractivity contribution in [1.29, 1.82) is 0 Å². The summed E-state index contributed by atoms with van der Waals surface area (Å²) in [5.74, 6) is -0.622. The minimum Gasteiger partial charge on any atom is -0.345 e. The van der Waals surface area contributed by atoms with E-state index in [4.69, 9.17) is 4.52 Å². The summed E-state index contributed by atoms with van der Waals surface area (Å²) in [6.07, 6.45) is 1.94. The molecule has 4 aromatic rings. The second kappa shape index (κ2) is 7.70. The molecule has 0 unspecified atom stereocenters. The van der Waals surface area contributed by atoms with Crippen molar-refractivity contribution in [2.75, 3.05) is 0 Å². The molecule has 4 rings (SSSR count). The molecule has 1 N–H and O–H groups in total. The van der Waals surface area contributed by atoms with Gasteiger partial charge in [-0.15, -0.1) is 0 Å². The molecule has 0 spiro atoms. The summed E-state index contributed by atoms with van der Waals surface area (Å²) in [5, 5.41) is 12.1. The number of hydrogen-bond acceptors (Lipinski definition) is 5. The number of aromatic nitrogens is 4. The molecule has 0 radical (unpaired) electrons. The fraction of sp³-hybridized carbons (Fsp3) is 0.273. The van der Waals surface area contributed by atoms with Gasteiger partial charge in [-0.05, 0) is 58.0 Å². The molecule has 7 nitrogen and oxygen atoms in total. The second-order valence-electron chi connectivity index (χ2n) is 7.25. The lowest BCUT2D eigenvalue weighted by molar-refractivity contribution is 0.0941. The Hall–Kier alpha value is -3.55. The third-order valence-electron chi connectivity index (χ3n) is 5.06. The molecule has 3 aromatic heterocycles. The molecule has 1 amide bonds. The summed E-state index contributed by atoms with van der Waals surface area (Å²) in [4.78, 5) is 17.6. The van der Waals surface area contributed by atoms with Crippen LogP contribution in [0.1, 0.15) is 47.2 Å². The van der Waals surface area contributed by atoms with Gasteiger partial charge in [-0.1, -0.05) is 5.16 Å². The highest BCUT2D eigenvalue weighted by molar-refractivity contribution is 6.09. The van der Waals surface area contributed by atoms with Crippen LogP contribution in [0.25, 0.3) is 22.4 Å². The average molecular weight is 407 g/mol. The van der Waals surface area contributed by atoms with Gasteiger partial charge in [0.05, 0.1) is 22.7 Å². The largest absolute Gasteiger partial charge is 0.345 e. The molecule has 8 heteroatoms. The third kappa shape index (κ3) is 3.56. The van der Waals surface area contributed by atoms with E-state index in [2.05, 4.69) is 20.6 Å². The Morgan fingerprint density at radius 1 is 1.27 bits per heavy atom. The fourth-order valence-corrected chi connectivity index (χ4v) is 3.53. The second-order valence-corrected chi connectivity index (χ2v) is 7.25. The molecule has 30 heavy (non-hydrogen) atoms. The van der Waals surface area contributed by atoms with Gasteiger partial charge in [-0.2, -0.15) is 5.10 Å². The van der Waals surface area contributed by atoms with E-state index < -0.39 is 0 Å². The number of rotatable bonds is 5. The molecule has 0 saturated carbocycles. The van der Waals surface area contributed by atoms with Crippen molar-refractivity contribution in [3.05, 3.63) is 64.9 Å².